The highest BCUT2D eigenvalue weighted by molar-refractivity contribution is 6.00. The maximum absolute atomic E-state index is 13.0. The molecule has 0 bridgehead atoms. The molecule has 0 radical (unpaired) electrons. The Kier molecular flexibility index (Phi) is 5.73. The molecule has 3 amide bonds. The molecule has 1 aliphatic rings. The monoisotopic (exact) mass is 337 g/mol. The predicted molar refractivity (Wildman–Crippen MR) is 84.6 cm³/mol. The third-order valence-corrected chi connectivity index (χ3v) is 3.81. The number of ether oxygens (including phenoxy) is 1. The van der Waals surface area contributed by atoms with Crippen molar-refractivity contribution < 1.29 is 23.5 Å². The van der Waals surface area contributed by atoms with Crippen LogP contribution < -0.4 is 16.4 Å². The highest BCUT2D eigenvalue weighted by atomic mass is 19.1. The largest absolute Gasteiger partial charge is 0.449 e. The van der Waals surface area contributed by atoms with Gasteiger partial charge < -0.3 is 15.8 Å². The number of nitrogens with one attached hydrogen (secondary N) is 2. The molecule has 1 aromatic rings. The van der Waals surface area contributed by atoms with Crippen LogP contribution in [-0.2, 0) is 9.53 Å². The van der Waals surface area contributed by atoms with E-state index in [4.69, 9.17) is 10.5 Å². The van der Waals surface area contributed by atoms with Crippen molar-refractivity contribution in [3.8, 4) is 0 Å². The molecule has 0 unspecified atom stereocenters. The number of hydrogen-bond donors (Lipinski definition) is 3. The smallest absolute Gasteiger partial charge is 0.341 e. The summed E-state index contributed by atoms with van der Waals surface area (Å²) in [6, 6.07) is 2.67. The first kappa shape index (κ1) is 17.7. The zero-order chi connectivity index (χ0) is 17.7. The molecule has 0 aliphatic heterocycles. The van der Waals surface area contributed by atoms with Crippen LogP contribution in [-0.4, -0.2) is 30.1 Å². The second kappa shape index (κ2) is 7.76. The van der Waals surface area contributed by atoms with Crippen LogP contribution >= 0.6 is 0 Å². The predicted octanol–water partition coefficient (Wildman–Crippen LogP) is 1.72. The highest BCUT2D eigenvalue weighted by Gasteiger charge is 2.23. The van der Waals surface area contributed by atoms with E-state index >= 15 is 0 Å². The number of carbonyl (C=O) groups excluding carboxylic acids is 3. The molecule has 24 heavy (non-hydrogen) atoms. The van der Waals surface area contributed by atoms with Gasteiger partial charge in [-0.1, -0.05) is 12.8 Å². The Bertz CT molecular complexity index is 644. The van der Waals surface area contributed by atoms with Gasteiger partial charge in [-0.2, -0.15) is 0 Å². The van der Waals surface area contributed by atoms with Crippen LogP contribution in [0.1, 0.15) is 43.0 Å². The average Bonchev–Trinajstić information content (AvgIpc) is 2.99. The van der Waals surface area contributed by atoms with Gasteiger partial charge in [0.1, 0.15) is 5.82 Å². The van der Waals surface area contributed by atoms with Gasteiger partial charge in [0.2, 0.25) is 0 Å². The van der Waals surface area contributed by atoms with E-state index in [1.54, 1.807) is 0 Å². The van der Waals surface area contributed by atoms with Crippen molar-refractivity contribution in [3.05, 3.63) is 29.6 Å². The number of urea groups is 1. The van der Waals surface area contributed by atoms with Crippen LogP contribution in [0.5, 0.6) is 0 Å². The Balaban J connectivity index is 1.86. The summed E-state index contributed by atoms with van der Waals surface area (Å²) in [5.41, 5.74) is 5.40. The molecular formula is C16H20FN3O4. The second-order valence-electron chi connectivity index (χ2n) is 5.72. The third kappa shape index (κ3) is 4.68. The van der Waals surface area contributed by atoms with Gasteiger partial charge in [0, 0.05) is 11.7 Å². The number of nitrogen functional groups attached to an aromatic ring is 1. The molecule has 7 nitrogen and oxygen atoms in total. The zero-order valence-corrected chi connectivity index (χ0v) is 13.3. The fraction of sp³-hybridized carbons (Fsp3) is 0.438. The van der Waals surface area contributed by atoms with E-state index in [-0.39, 0.29) is 17.3 Å². The summed E-state index contributed by atoms with van der Waals surface area (Å²) >= 11 is 0. The van der Waals surface area contributed by atoms with Gasteiger partial charge in [-0.05, 0) is 38.0 Å². The maximum Gasteiger partial charge on any atom is 0.341 e. The van der Waals surface area contributed by atoms with Crippen molar-refractivity contribution in [2.45, 2.75) is 44.8 Å². The lowest BCUT2D eigenvalue weighted by molar-refractivity contribution is -0.127. The van der Waals surface area contributed by atoms with E-state index in [0.717, 1.165) is 37.8 Å². The Morgan fingerprint density at radius 1 is 1.29 bits per heavy atom. The summed E-state index contributed by atoms with van der Waals surface area (Å²) in [6.45, 7) is 1.33. The van der Waals surface area contributed by atoms with E-state index in [1.165, 1.54) is 13.0 Å². The fourth-order valence-electron chi connectivity index (χ4n) is 2.50. The van der Waals surface area contributed by atoms with Gasteiger partial charge in [-0.25, -0.2) is 14.0 Å². The second-order valence-corrected chi connectivity index (χ2v) is 5.72. The Morgan fingerprint density at radius 2 is 1.96 bits per heavy atom. The number of nitrogens with two attached hydrogens (primary N) is 1. The molecule has 1 aromatic carbocycles. The molecule has 8 heteroatoms. The number of anilines is 1. The third-order valence-electron chi connectivity index (χ3n) is 3.81. The van der Waals surface area contributed by atoms with E-state index in [1.807, 2.05) is 0 Å². The lowest BCUT2D eigenvalue weighted by Crippen LogP contribution is -2.47. The number of rotatable bonds is 4. The molecule has 1 aliphatic carbocycles. The van der Waals surface area contributed by atoms with Crippen LogP contribution in [0.3, 0.4) is 0 Å². The van der Waals surface area contributed by atoms with Gasteiger partial charge in [-0.15, -0.1) is 0 Å². The lowest BCUT2D eigenvalue weighted by atomic mass is 10.2. The number of hydrogen-bond acceptors (Lipinski definition) is 5. The summed E-state index contributed by atoms with van der Waals surface area (Å²) < 4.78 is 17.9. The van der Waals surface area contributed by atoms with Crippen molar-refractivity contribution >= 4 is 23.6 Å². The van der Waals surface area contributed by atoms with Crippen LogP contribution in [0, 0.1) is 5.82 Å². The van der Waals surface area contributed by atoms with Crippen LogP contribution in [0.25, 0.3) is 0 Å². The molecule has 4 N–H and O–H groups in total. The highest BCUT2D eigenvalue weighted by Crippen LogP contribution is 2.17. The minimum absolute atomic E-state index is 0.0496. The average molecular weight is 337 g/mol. The van der Waals surface area contributed by atoms with Crippen molar-refractivity contribution in [1.82, 2.24) is 10.6 Å². The molecule has 1 atom stereocenters. The SMILES string of the molecule is C[C@H](OC(=O)c1ccc(F)cc1N)C(=O)NC(=O)NC1CCCC1. The van der Waals surface area contributed by atoms with Crippen LogP contribution in [0.2, 0.25) is 0 Å². The summed E-state index contributed by atoms with van der Waals surface area (Å²) in [6.07, 6.45) is 2.67. The number of halogens is 1. The summed E-state index contributed by atoms with van der Waals surface area (Å²) in [5, 5.41) is 4.82. The van der Waals surface area contributed by atoms with Crippen molar-refractivity contribution in [2.75, 3.05) is 5.73 Å². The van der Waals surface area contributed by atoms with Crippen molar-refractivity contribution in [3.63, 3.8) is 0 Å². The number of imide groups is 1. The molecule has 2 rings (SSSR count). The fourth-order valence-corrected chi connectivity index (χ4v) is 2.50. The van der Waals surface area contributed by atoms with E-state index in [2.05, 4.69) is 10.6 Å². The zero-order valence-electron chi connectivity index (χ0n) is 13.3. The number of esters is 1. The molecule has 0 aromatic heterocycles. The van der Waals surface area contributed by atoms with Crippen molar-refractivity contribution in [1.29, 1.82) is 0 Å². The Morgan fingerprint density at radius 3 is 2.58 bits per heavy atom. The van der Waals surface area contributed by atoms with Crippen LogP contribution in [0.15, 0.2) is 18.2 Å². The minimum Gasteiger partial charge on any atom is -0.449 e. The first-order valence-corrected chi connectivity index (χ1v) is 7.74. The van der Waals surface area contributed by atoms with Crippen molar-refractivity contribution in [2.24, 2.45) is 0 Å². The maximum atomic E-state index is 13.0. The Labute approximate surface area is 138 Å². The molecule has 1 fully saturated rings. The molecule has 0 saturated heterocycles. The Hall–Kier alpha value is -2.64. The van der Waals surface area contributed by atoms with E-state index in [0.29, 0.717) is 0 Å². The minimum atomic E-state index is -1.20. The molecule has 130 valence electrons. The number of benzene rings is 1. The first-order chi connectivity index (χ1) is 11.4. The van der Waals surface area contributed by atoms with Gasteiger partial charge in [0.25, 0.3) is 5.91 Å². The first-order valence-electron chi connectivity index (χ1n) is 7.74. The molecule has 0 spiro atoms. The normalized spacial score (nSPS) is 15.6. The number of amides is 3. The molecular weight excluding hydrogens is 317 g/mol. The van der Waals surface area contributed by atoms with E-state index < -0.39 is 29.8 Å². The van der Waals surface area contributed by atoms with Gasteiger partial charge >= 0.3 is 12.0 Å². The number of carbonyl (C=O) groups is 3. The van der Waals surface area contributed by atoms with Crippen LogP contribution in [0.4, 0.5) is 14.9 Å². The standard InChI is InChI=1S/C16H20FN3O4/c1-9(14(21)20-16(23)19-11-4-2-3-5-11)24-15(22)12-7-6-10(17)8-13(12)18/h6-9,11H,2-5,18H2,1H3,(H2,19,20,21,23)/t9-/m0/s1. The van der Waals surface area contributed by atoms with Gasteiger partial charge in [0.15, 0.2) is 6.10 Å². The summed E-state index contributed by atoms with van der Waals surface area (Å²) in [5.74, 6) is -2.20. The lowest BCUT2D eigenvalue weighted by Gasteiger charge is -2.16. The topological polar surface area (TPSA) is 111 Å². The van der Waals surface area contributed by atoms with Gasteiger partial charge in [0.05, 0.1) is 5.56 Å². The van der Waals surface area contributed by atoms with Gasteiger partial charge in [-0.3, -0.25) is 10.1 Å². The summed E-state index contributed by atoms with van der Waals surface area (Å²) in [7, 11) is 0. The van der Waals surface area contributed by atoms with E-state index in [9.17, 15) is 18.8 Å². The molecule has 1 saturated carbocycles. The summed E-state index contributed by atoms with van der Waals surface area (Å²) in [4.78, 5) is 35.6. The quantitative estimate of drug-likeness (QED) is 0.572. The molecule has 0 heterocycles.